The number of hydrogen-bond donors (Lipinski definition) is 1. The van der Waals surface area contributed by atoms with Crippen LogP contribution in [0.15, 0.2) is 0 Å². The predicted molar refractivity (Wildman–Crippen MR) is 67.3 cm³/mol. The Bertz CT molecular complexity index is 177. The predicted octanol–water partition coefficient (Wildman–Crippen LogP) is 2.64. The van der Waals surface area contributed by atoms with Crippen molar-refractivity contribution in [1.82, 2.24) is 10.2 Å². The van der Waals surface area contributed by atoms with E-state index >= 15 is 0 Å². The summed E-state index contributed by atoms with van der Waals surface area (Å²) in [5.74, 6) is 0. The minimum atomic E-state index is 0.332. The molecule has 1 aliphatic rings. The normalized spacial score (nSPS) is 27.6. The summed E-state index contributed by atoms with van der Waals surface area (Å²) in [6, 6.07) is 0.681. The van der Waals surface area contributed by atoms with Gasteiger partial charge >= 0.3 is 0 Å². The smallest absolute Gasteiger partial charge is 0.0277 e. The van der Waals surface area contributed by atoms with Crippen molar-refractivity contribution in [3.8, 4) is 0 Å². The van der Waals surface area contributed by atoms with Crippen molar-refractivity contribution in [2.45, 2.75) is 65.0 Å². The van der Waals surface area contributed by atoms with E-state index in [0.29, 0.717) is 11.6 Å². The van der Waals surface area contributed by atoms with Gasteiger partial charge in [0.05, 0.1) is 0 Å². The maximum atomic E-state index is 3.61. The van der Waals surface area contributed by atoms with Crippen LogP contribution in [0.25, 0.3) is 0 Å². The molecule has 0 aromatic carbocycles. The van der Waals surface area contributed by atoms with Gasteiger partial charge in [0.15, 0.2) is 0 Å². The first kappa shape index (κ1) is 13.0. The Balaban J connectivity index is 2.44. The van der Waals surface area contributed by atoms with E-state index in [4.69, 9.17) is 0 Å². The number of unbranched alkanes of at least 4 members (excludes halogenated alkanes) is 2. The van der Waals surface area contributed by atoms with Gasteiger partial charge in [-0.15, -0.1) is 0 Å². The molecule has 2 nitrogen and oxygen atoms in total. The van der Waals surface area contributed by atoms with Crippen LogP contribution in [0.2, 0.25) is 0 Å². The van der Waals surface area contributed by atoms with E-state index in [2.05, 4.69) is 37.9 Å². The lowest BCUT2D eigenvalue weighted by Gasteiger charge is -2.37. The number of rotatable bonds is 4. The van der Waals surface area contributed by atoms with Gasteiger partial charge < -0.3 is 5.32 Å². The van der Waals surface area contributed by atoms with Crippen LogP contribution in [0.1, 0.15) is 53.4 Å². The Kier molecular flexibility index (Phi) is 5.07. The van der Waals surface area contributed by atoms with Gasteiger partial charge in [0.1, 0.15) is 0 Å². The molecular formula is C13H28N2. The van der Waals surface area contributed by atoms with Crippen molar-refractivity contribution in [2.75, 3.05) is 19.6 Å². The quantitative estimate of drug-likeness (QED) is 0.721. The van der Waals surface area contributed by atoms with Crippen molar-refractivity contribution in [3.05, 3.63) is 0 Å². The zero-order chi connectivity index (χ0) is 11.3. The van der Waals surface area contributed by atoms with E-state index in [9.17, 15) is 0 Å². The number of hydrogen-bond acceptors (Lipinski definition) is 2. The van der Waals surface area contributed by atoms with E-state index in [1.54, 1.807) is 0 Å². The van der Waals surface area contributed by atoms with Gasteiger partial charge in [-0.2, -0.15) is 0 Å². The zero-order valence-corrected chi connectivity index (χ0v) is 11.0. The Morgan fingerprint density at radius 3 is 2.73 bits per heavy atom. The molecule has 1 heterocycles. The van der Waals surface area contributed by atoms with Crippen molar-refractivity contribution in [1.29, 1.82) is 0 Å². The third kappa shape index (κ3) is 4.12. The molecule has 1 fully saturated rings. The van der Waals surface area contributed by atoms with Gasteiger partial charge in [0.2, 0.25) is 0 Å². The molecule has 1 unspecified atom stereocenters. The molecule has 1 N–H and O–H groups in total. The molecule has 90 valence electrons. The minimum Gasteiger partial charge on any atom is -0.312 e. The van der Waals surface area contributed by atoms with Gasteiger partial charge in [-0.25, -0.2) is 0 Å². The topological polar surface area (TPSA) is 15.3 Å². The molecule has 15 heavy (non-hydrogen) atoms. The molecule has 1 aliphatic heterocycles. The lowest BCUT2D eigenvalue weighted by atomic mass is 10.0. The third-order valence-electron chi connectivity index (χ3n) is 3.60. The van der Waals surface area contributed by atoms with Crippen LogP contribution >= 0.6 is 0 Å². The first-order valence-corrected chi connectivity index (χ1v) is 6.54. The summed E-state index contributed by atoms with van der Waals surface area (Å²) in [7, 11) is 0. The summed E-state index contributed by atoms with van der Waals surface area (Å²) in [5, 5.41) is 3.61. The van der Waals surface area contributed by atoms with Crippen molar-refractivity contribution >= 4 is 0 Å². The van der Waals surface area contributed by atoms with Crippen LogP contribution in [0, 0.1) is 0 Å². The summed E-state index contributed by atoms with van der Waals surface area (Å²) in [5.41, 5.74) is 0.332. The number of nitrogens with one attached hydrogen (secondary N) is 1. The molecule has 0 aromatic rings. The second kappa shape index (κ2) is 5.86. The lowest BCUT2D eigenvalue weighted by Crippen LogP contribution is -2.49. The molecule has 0 aromatic heterocycles. The average Bonchev–Trinajstić information content (AvgIpc) is 2.30. The zero-order valence-electron chi connectivity index (χ0n) is 11.0. The molecule has 0 spiro atoms. The molecule has 0 radical (unpaired) electrons. The van der Waals surface area contributed by atoms with E-state index in [0.717, 1.165) is 6.54 Å². The Morgan fingerprint density at radius 2 is 2.07 bits per heavy atom. The highest BCUT2D eigenvalue weighted by Crippen LogP contribution is 2.19. The first-order chi connectivity index (χ1) is 7.06. The van der Waals surface area contributed by atoms with Crippen LogP contribution in [0.3, 0.4) is 0 Å². The third-order valence-corrected chi connectivity index (χ3v) is 3.60. The van der Waals surface area contributed by atoms with Gasteiger partial charge in [-0.1, -0.05) is 19.8 Å². The average molecular weight is 212 g/mol. The van der Waals surface area contributed by atoms with E-state index in [1.807, 2.05) is 0 Å². The summed E-state index contributed by atoms with van der Waals surface area (Å²) >= 11 is 0. The summed E-state index contributed by atoms with van der Waals surface area (Å²) in [6.07, 6.45) is 5.34. The molecule has 2 heteroatoms. The Morgan fingerprint density at radius 1 is 1.33 bits per heavy atom. The van der Waals surface area contributed by atoms with Crippen LogP contribution in [0.5, 0.6) is 0 Å². The molecule has 0 bridgehead atoms. The molecule has 1 saturated heterocycles. The minimum absolute atomic E-state index is 0.332. The second-order valence-electron chi connectivity index (χ2n) is 5.58. The van der Waals surface area contributed by atoms with Gasteiger partial charge in [-0.3, -0.25) is 4.90 Å². The lowest BCUT2D eigenvalue weighted by molar-refractivity contribution is 0.130. The van der Waals surface area contributed by atoms with Crippen LogP contribution in [-0.4, -0.2) is 36.1 Å². The highest BCUT2D eigenvalue weighted by atomic mass is 15.2. The summed E-state index contributed by atoms with van der Waals surface area (Å²) in [6.45, 7) is 13.0. The number of nitrogens with zero attached hydrogens (tertiary/aromatic N) is 1. The molecule has 0 saturated carbocycles. The molecular weight excluding hydrogens is 184 g/mol. The highest BCUT2D eigenvalue weighted by molar-refractivity contribution is 4.88. The van der Waals surface area contributed by atoms with Crippen molar-refractivity contribution < 1.29 is 0 Å². The maximum absolute atomic E-state index is 3.61. The SMILES string of the molecule is CCCCCN1CCC(C)NCC1(C)C. The fraction of sp³-hybridized carbons (Fsp3) is 1.00. The molecule has 1 atom stereocenters. The van der Waals surface area contributed by atoms with Crippen molar-refractivity contribution in [3.63, 3.8) is 0 Å². The summed E-state index contributed by atoms with van der Waals surface area (Å²) < 4.78 is 0. The van der Waals surface area contributed by atoms with Gasteiger partial charge in [-0.05, 0) is 40.2 Å². The van der Waals surface area contributed by atoms with E-state index in [-0.39, 0.29) is 0 Å². The largest absolute Gasteiger partial charge is 0.312 e. The van der Waals surface area contributed by atoms with Gasteiger partial charge in [0, 0.05) is 24.7 Å². The van der Waals surface area contributed by atoms with Crippen LogP contribution < -0.4 is 5.32 Å². The van der Waals surface area contributed by atoms with Crippen LogP contribution in [-0.2, 0) is 0 Å². The highest BCUT2D eigenvalue weighted by Gasteiger charge is 2.29. The van der Waals surface area contributed by atoms with Crippen LogP contribution in [0.4, 0.5) is 0 Å². The molecule has 0 aliphatic carbocycles. The Labute approximate surface area is 95.4 Å². The standard InChI is InChI=1S/C13H28N2/c1-5-6-7-9-15-10-8-12(2)14-11-13(15,3)4/h12,14H,5-11H2,1-4H3. The molecule has 0 amide bonds. The monoisotopic (exact) mass is 212 g/mol. The fourth-order valence-electron chi connectivity index (χ4n) is 2.26. The maximum Gasteiger partial charge on any atom is 0.0277 e. The first-order valence-electron chi connectivity index (χ1n) is 6.54. The van der Waals surface area contributed by atoms with E-state index in [1.165, 1.54) is 38.8 Å². The van der Waals surface area contributed by atoms with E-state index < -0.39 is 0 Å². The fourth-order valence-corrected chi connectivity index (χ4v) is 2.26. The van der Waals surface area contributed by atoms with Crippen molar-refractivity contribution in [2.24, 2.45) is 0 Å². The Hall–Kier alpha value is -0.0800. The molecule has 1 rings (SSSR count). The second-order valence-corrected chi connectivity index (χ2v) is 5.58. The summed E-state index contributed by atoms with van der Waals surface area (Å²) in [4.78, 5) is 2.67. The van der Waals surface area contributed by atoms with Gasteiger partial charge in [0.25, 0.3) is 0 Å².